The van der Waals surface area contributed by atoms with Crippen molar-refractivity contribution in [2.45, 2.75) is 77.1 Å². The molecule has 1 heterocycles. The predicted molar refractivity (Wildman–Crippen MR) is 147 cm³/mol. The Kier molecular flexibility index (Phi) is 6.51. The molecular weight excluding hydrogens is 487 g/mol. The summed E-state index contributed by atoms with van der Waals surface area (Å²) < 4.78 is 39.8. The summed E-state index contributed by atoms with van der Waals surface area (Å²) in [6.07, 6.45) is 0.974. The molecule has 2 saturated carbocycles. The van der Waals surface area contributed by atoms with E-state index in [1.54, 1.807) is 6.66 Å². The van der Waals surface area contributed by atoms with Crippen LogP contribution in [0.5, 0.6) is 0 Å². The van der Waals surface area contributed by atoms with Gasteiger partial charge in [0.15, 0.2) is 5.79 Å². The van der Waals surface area contributed by atoms with E-state index >= 15 is 0 Å². The molecule has 2 aliphatic carbocycles. The van der Waals surface area contributed by atoms with Crippen molar-refractivity contribution < 1.29 is 23.0 Å². The van der Waals surface area contributed by atoms with Crippen molar-refractivity contribution in [3.63, 3.8) is 0 Å². The first-order valence-corrected chi connectivity index (χ1v) is 17.4. The minimum atomic E-state index is -2.78. The van der Waals surface area contributed by atoms with Crippen LogP contribution in [0.2, 0.25) is 5.04 Å². The van der Waals surface area contributed by atoms with Gasteiger partial charge >= 0.3 is 0 Å². The number of fused-ring (bicyclic) bond motifs is 3. The average Bonchev–Trinajstić information content (AvgIpc) is 3.33. The summed E-state index contributed by atoms with van der Waals surface area (Å²) in [6, 6.07) is 21.5. The summed E-state index contributed by atoms with van der Waals surface area (Å²) in [4.78, 5) is 0. The lowest BCUT2D eigenvalue weighted by Crippen LogP contribution is -2.68. The Morgan fingerprint density at radius 1 is 1.00 bits per heavy atom. The fourth-order valence-electron chi connectivity index (χ4n) is 6.99. The zero-order valence-electron chi connectivity index (χ0n) is 22.7. The molecule has 2 aromatic rings. The first-order chi connectivity index (χ1) is 16.9. The van der Waals surface area contributed by atoms with Crippen molar-refractivity contribution in [2.24, 2.45) is 11.3 Å². The number of hydrogen-bond donors (Lipinski definition) is 0. The third-order valence-corrected chi connectivity index (χ3v) is 15.3. The second-order valence-corrected chi connectivity index (χ2v) is 19.3. The fourth-order valence-corrected chi connectivity index (χ4v) is 14.0. The Balaban J connectivity index is 1.60. The smallest absolute Gasteiger partial charge is 0.261 e. The molecule has 1 aliphatic heterocycles. The average molecular weight is 529 g/mol. The maximum Gasteiger partial charge on any atom is 0.261 e. The van der Waals surface area contributed by atoms with Gasteiger partial charge in [-0.1, -0.05) is 81.4 Å². The van der Waals surface area contributed by atoms with Crippen LogP contribution >= 0.6 is 7.37 Å². The van der Waals surface area contributed by atoms with Crippen LogP contribution in [-0.4, -0.2) is 51.9 Å². The minimum absolute atomic E-state index is 0.133. The SMILES string of the molecule is CCOP(C)(=O)CC12C[C@@H]1[C@H](O[Si](c1ccccc1)(c1ccccc1)C(C)(C)C)[C@@H]1OC(C)(C)O[C@@H]12. The highest BCUT2D eigenvalue weighted by molar-refractivity contribution is 7.58. The summed E-state index contributed by atoms with van der Waals surface area (Å²) in [6.45, 7) is 15.0. The van der Waals surface area contributed by atoms with E-state index in [-0.39, 0.29) is 34.7 Å². The first-order valence-electron chi connectivity index (χ1n) is 13.2. The summed E-state index contributed by atoms with van der Waals surface area (Å²) in [5.74, 6) is -0.467. The standard InChI is InChI=1S/C29H41O5PSi/c1-8-31-35(7,30)20-29-19-23(29)24(25-26(29)33-28(5,6)32-25)34-36(27(2,3)4,21-15-11-9-12-16-21)22-17-13-10-14-18-22/h9-18,23-26H,8,19-20H2,1-7H3/t23-,24+,25+,26+,29?,35?/m1/s1. The van der Waals surface area contributed by atoms with Crippen LogP contribution in [0.15, 0.2) is 60.7 Å². The van der Waals surface area contributed by atoms with Gasteiger partial charge in [-0.05, 0) is 48.5 Å². The Hall–Kier alpha value is -1.27. The van der Waals surface area contributed by atoms with Gasteiger partial charge in [-0.3, -0.25) is 4.57 Å². The fraction of sp³-hybridized carbons (Fsp3) is 0.586. The quantitative estimate of drug-likeness (QED) is 0.339. The molecule has 7 heteroatoms. The van der Waals surface area contributed by atoms with Crippen LogP contribution in [0, 0.1) is 11.3 Å². The van der Waals surface area contributed by atoms with Gasteiger partial charge in [0.2, 0.25) is 7.37 Å². The molecule has 5 nitrogen and oxygen atoms in total. The molecule has 1 saturated heterocycles. The number of hydrogen-bond acceptors (Lipinski definition) is 5. The van der Waals surface area contributed by atoms with Gasteiger partial charge in [-0.15, -0.1) is 0 Å². The zero-order valence-corrected chi connectivity index (χ0v) is 24.6. The Labute approximate surface area is 217 Å². The molecule has 0 amide bonds. The van der Waals surface area contributed by atoms with Crippen LogP contribution in [-0.2, 0) is 23.0 Å². The highest BCUT2D eigenvalue weighted by atomic mass is 31.2. The molecule has 2 aromatic carbocycles. The molecule has 36 heavy (non-hydrogen) atoms. The number of ether oxygens (including phenoxy) is 2. The third-order valence-electron chi connectivity index (χ3n) is 8.31. The molecule has 3 fully saturated rings. The van der Waals surface area contributed by atoms with Gasteiger partial charge in [0, 0.05) is 18.2 Å². The molecule has 0 aromatic heterocycles. The third kappa shape index (κ3) is 4.28. The molecule has 5 rings (SSSR count). The zero-order chi connectivity index (χ0) is 26.0. The summed E-state index contributed by atoms with van der Waals surface area (Å²) in [5, 5.41) is 2.38. The molecule has 0 spiro atoms. The van der Waals surface area contributed by atoms with Crippen LogP contribution < -0.4 is 10.4 Å². The monoisotopic (exact) mass is 528 g/mol. The Morgan fingerprint density at radius 3 is 2.06 bits per heavy atom. The van der Waals surface area contributed by atoms with E-state index in [0.29, 0.717) is 12.8 Å². The normalized spacial score (nSPS) is 32.5. The van der Waals surface area contributed by atoms with E-state index in [0.717, 1.165) is 6.42 Å². The van der Waals surface area contributed by atoms with Gasteiger partial charge in [0.05, 0.1) is 18.8 Å². The highest BCUT2D eigenvalue weighted by Crippen LogP contribution is 2.73. The lowest BCUT2D eigenvalue weighted by Gasteiger charge is -2.45. The van der Waals surface area contributed by atoms with Crippen molar-refractivity contribution in [2.75, 3.05) is 19.4 Å². The molecule has 3 aliphatic rings. The maximum absolute atomic E-state index is 13.4. The number of benzene rings is 2. The molecule has 0 bridgehead atoms. The summed E-state index contributed by atoms with van der Waals surface area (Å²) >= 11 is 0. The predicted octanol–water partition coefficient (Wildman–Crippen LogP) is 5.42. The second-order valence-electron chi connectivity index (χ2n) is 12.4. The molecule has 6 atom stereocenters. The van der Waals surface area contributed by atoms with E-state index in [4.69, 9.17) is 18.4 Å². The van der Waals surface area contributed by atoms with Crippen molar-refractivity contribution in [1.82, 2.24) is 0 Å². The van der Waals surface area contributed by atoms with Gasteiger partial charge in [-0.2, -0.15) is 0 Å². The Morgan fingerprint density at radius 2 is 1.56 bits per heavy atom. The largest absolute Gasteiger partial charge is 0.401 e. The Bertz CT molecular complexity index is 1090. The van der Waals surface area contributed by atoms with Crippen LogP contribution in [0.25, 0.3) is 0 Å². The van der Waals surface area contributed by atoms with Crippen molar-refractivity contribution >= 4 is 26.1 Å². The topological polar surface area (TPSA) is 54.0 Å². The molecular formula is C29H41O5PSi. The van der Waals surface area contributed by atoms with Crippen LogP contribution in [0.1, 0.15) is 48.0 Å². The molecule has 2 unspecified atom stereocenters. The number of rotatable bonds is 8. The van der Waals surface area contributed by atoms with E-state index in [1.165, 1.54) is 10.4 Å². The summed E-state index contributed by atoms with van der Waals surface area (Å²) in [7, 11) is -5.54. The minimum Gasteiger partial charge on any atom is -0.401 e. The first kappa shape index (κ1) is 26.3. The molecule has 0 radical (unpaired) electrons. The van der Waals surface area contributed by atoms with E-state index in [1.807, 2.05) is 20.8 Å². The van der Waals surface area contributed by atoms with E-state index in [9.17, 15) is 4.57 Å². The highest BCUT2D eigenvalue weighted by Gasteiger charge is 2.77. The van der Waals surface area contributed by atoms with Crippen LogP contribution in [0.4, 0.5) is 0 Å². The second kappa shape index (κ2) is 8.89. The van der Waals surface area contributed by atoms with E-state index < -0.39 is 21.5 Å². The van der Waals surface area contributed by atoms with E-state index in [2.05, 4.69) is 81.4 Å². The lowest BCUT2D eigenvalue weighted by atomic mass is 10.0. The van der Waals surface area contributed by atoms with Gasteiger partial charge in [-0.25, -0.2) is 0 Å². The van der Waals surface area contributed by atoms with Crippen LogP contribution in [0.3, 0.4) is 0 Å². The lowest BCUT2D eigenvalue weighted by molar-refractivity contribution is -0.165. The summed E-state index contributed by atoms with van der Waals surface area (Å²) in [5.41, 5.74) is -0.228. The molecule has 196 valence electrons. The van der Waals surface area contributed by atoms with Gasteiger partial charge in [0.25, 0.3) is 8.32 Å². The van der Waals surface area contributed by atoms with Crippen molar-refractivity contribution in [3.8, 4) is 0 Å². The van der Waals surface area contributed by atoms with Crippen molar-refractivity contribution in [1.29, 1.82) is 0 Å². The van der Waals surface area contributed by atoms with Crippen molar-refractivity contribution in [3.05, 3.63) is 60.7 Å². The molecule has 0 N–H and O–H groups in total. The van der Waals surface area contributed by atoms with Gasteiger partial charge < -0.3 is 18.4 Å². The maximum atomic E-state index is 13.4. The van der Waals surface area contributed by atoms with Gasteiger partial charge in [0.1, 0.15) is 6.10 Å².